The first-order chi connectivity index (χ1) is 10.2. The van der Waals surface area contributed by atoms with Gasteiger partial charge in [0, 0.05) is 6.54 Å². The number of rotatable bonds is 6. The first kappa shape index (κ1) is 14.7. The highest BCUT2D eigenvalue weighted by atomic mass is 16.5. The minimum Gasteiger partial charge on any atom is -0.504 e. The predicted octanol–water partition coefficient (Wildman–Crippen LogP) is 2.10. The van der Waals surface area contributed by atoms with E-state index in [2.05, 4.69) is 5.32 Å². The maximum absolute atomic E-state index is 11.7. The Morgan fingerprint density at radius 2 is 2.00 bits per heavy atom. The molecule has 0 heterocycles. The van der Waals surface area contributed by atoms with E-state index in [1.165, 1.54) is 6.07 Å². The fourth-order valence-electron chi connectivity index (χ4n) is 1.76. The third-order valence-corrected chi connectivity index (χ3v) is 2.85. The summed E-state index contributed by atoms with van der Waals surface area (Å²) < 4.78 is 10.4. The van der Waals surface area contributed by atoms with Crippen molar-refractivity contribution in [3.8, 4) is 17.2 Å². The van der Waals surface area contributed by atoms with Crippen molar-refractivity contribution in [1.29, 1.82) is 0 Å². The average Bonchev–Trinajstić information content (AvgIpc) is 2.52. The lowest BCUT2D eigenvalue weighted by atomic mass is 10.2. The molecule has 0 aliphatic rings. The Hall–Kier alpha value is -2.69. The number of phenols is 1. The van der Waals surface area contributed by atoms with Crippen LogP contribution in [-0.4, -0.2) is 24.7 Å². The number of benzene rings is 2. The molecular formula is C16H17NO4. The lowest BCUT2D eigenvalue weighted by Crippen LogP contribution is -2.28. The first-order valence-electron chi connectivity index (χ1n) is 6.49. The van der Waals surface area contributed by atoms with Gasteiger partial charge in [0.25, 0.3) is 5.91 Å². The molecule has 0 bridgehead atoms. The van der Waals surface area contributed by atoms with Crippen LogP contribution in [0, 0.1) is 0 Å². The van der Waals surface area contributed by atoms with Crippen LogP contribution in [0.5, 0.6) is 17.2 Å². The molecule has 21 heavy (non-hydrogen) atoms. The molecule has 2 rings (SSSR count). The van der Waals surface area contributed by atoms with Gasteiger partial charge in [-0.05, 0) is 29.8 Å². The number of phenolic OH excluding ortho intramolecular Hbond substituents is 1. The summed E-state index contributed by atoms with van der Waals surface area (Å²) in [7, 11) is 1.60. The quantitative estimate of drug-likeness (QED) is 0.853. The molecule has 0 spiro atoms. The van der Waals surface area contributed by atoms with Gasteiger partial charge in [0.15, 0.2) is 18.1 Å². The van der Waals surface area contributed by atoms with Gasteiger partial charge >= 0.3 is 0 Å². The number of ether oxygens (including phenoxy) is 2. The van der Waals surface area contributed by atoms with Gasteiger partial charge in [-0.2, -0.15) is 0 Å². The molecule has 0 fully saturated rings. The topological polar surface area (TPSA) is 67.8 Å². The van der Waals surface area contributed by atoms with E-state index >= 15 is 0 Å². The molecule has 0 aromatic heterocycles. The van der Waals surface area contributed by atoms with Gasteiger partial charge in [-0.15, -0.1) is 0 Å². The Bertz CT molecular complexity index is 613. The lowest BCUT2D eigenvalue weighted by Gasteiger charge is -2.09. The zero-order valence-corrected chi connectivity index (χ0v) is 11.7. The summed E-state index contributed by atoms with van der Waals surface area (Å²) in [5.41, 5.74) is 0.935. The standard InChI is InChI=1S/C16H17NO4/c1-20-13-6-4-5-12(9-13)10-17-16(19)11-21-15-8-3-2-7-14(15)18/h2-9,18H,10-11H2,1H3,(H,17,19). The molecule has 0 aliphatic heterocycles. The van der Waals surface area contributed by atoms with Gasteiger partial charge in [-0.25, -0.2) is 0 Å². The molecule has 2 aromatic carbocycles. The number of methoxy groups -OCH3 is 1. The third-order valence-electron chi connectivity index (χ3n) is 2.85. The number of hydrogen-bond donors (Lipinski definition) is 2. The van der Waals surface area contributed by atoms with Crippen LogP contribution in [0.3, 0.4) is 0 Å². The number of nitrogens with one attached hydrogen (secondary N) is 1. The third kappa shape index (κ3) is 4.42. The van der Waals surface area contributed by atoms with Crippen molar-refractivity contribution in [2.24, 2.45) is 0 Å². The van der Waals surface area contributed by atoms with E-state index in [9.17, 15) is 9.90 Å². The molecule has 5 nitrogen and oxygen atoms in total. The smallest absolute Gasteiger partial charge is 0.258 e. The highest BCUT2D eigenvalue weighted by Gasteiger charge is 2.05. The van der Waals surface area contributed by atoms with Crippen LogP contribution in [0.2, 0.25) is 0 Å². The zero-order chi connectivity index (χ0) is 15.1. The fourth-order valence-corrected chi connectivity index (χ4v) is 1.76. The summed E-state index contributed by atoms with van der Waals surface area (Å²) in [5.74, 6) is 0.778. The number of hydrogen-bond acceptors (Lipinski definition) is 4. The summed E-state index contributed by atoms with van der Waals surface area (Å²) in [4.78, 5) is 11.7. The Morgan fingerprint density at radius 1 is 1.19 bits per heavy atom. The minimum absolute atomic E-state index is 0.0121. The second-order valence-electron chi connectivity index (χ2n) is 4.38. The van der Waals surface area contributed by atoms with Crippen molar-refractivity contribution < 1.29 is 19.4 Å². The van der Waals surface area contributed by atoms with Crippen molar-refractivity contribution in [2.45, 2.75) is 6.54 Å². The minimum atomic E-state index is -0.263. The van der Waals surface area contributed by atoms with Crippen LogP contribution < -0.4 is 14.8 Å². The monoisotopic (exact) mass is 287 g/mol. The number of carbonyl (C=O) groups excluding carboxylic acids is 1. The van der Waals surface area contributed by atoms with E-state index in [0.29, 0.717) is 6.54 Å². The van der Waals surface area contributed by atoms with Crippen molar-refractivity contribution in [3.63, 3.8) is 0 Å². The summed E-state index contributed by atoms with van der Waals surface area (Å²) in [6.45, 7) is 0.238. The second kappa shape index (κ2) is 7.19. The number of aromatic hydroxyl groups is 1. The number of amides is 1. The van der Waals surface area contributed by atoms with E-state index < -0.39 is 0 Å². The number of carbonyl (C=O) groups is 1. The summed E-state index contributed by atoms with van der Waals surface area (Å²) >= 11 is 0. The normalized spacial score (nSPS) is 9.95. The van der Waals surface area contributed by atoms with Gasteiger partial charge in [0.05, 0.1) is 7.11 Å². The molecular weight excluding hydrogens is 270 g/mol. The second-order valence-corrected chi connectivity index (χ2v) is 4.38. The fraction of sp³-hybridized carbons (Fsp3) is 0.188. The van der Waals surface area contributed by atoms with Gasteiger partial charge in [0.2, 0.25) is 0 Å². The Morgan fingerprint density at radius 3 is 2.76 bits per heavy atom. The van der Waals surface area contributed by atoms with E-state index in [1.807, 2.05) is 24.3 Å². The molecule has 2 aromatic rings. The average molecular weight is 287 g/mol. The first-order valence-corrected chi connectivity index (χ1v) is 6.49. The van der Waals surface area contributed by atoms with Crippen molar-refractivity contribution >= 4 is 5.91 Å². The van der Waals surface area contributed by atoms with Crippen LogP contribution in [-0.2, 0) is 11.3 Å². The summed E-state index contributed by atoms with van der Waals surface area (Å²) in [6, 6.07) is 14.0. The highest BCUT2D eigenvalue weighted by molar-refractivity contribution is 5.77. The maximum Gasteiger partial charge on any atom is 0.258 e. The molecule has 0 saturated carbocycles. The van der Waals surface area contributed by atoms with Gasteiger partial charge in [-0.3, -0.25) is 4.79 Å². The number of para-hydroxylation sites is 2. The Labute approximate surface area is 123 Å². The molecule has 0 radical (unpaired) electrons. The van der Waals surface area contributed by atoms with E-state index in [1.54, 1.807) is 25.3 Å². The molecule has 5 heteroatoms. The SMILES string of the molecule is COc1cccc(CNC(=O)COc2ccccc2O)c1. The highest BCUT2D eigenvalue weighted by Crippen LogP contribution is 2.23. The van der Waals surface area contributed by atoms with Crippen LogP contribution in [0.15, 0.2) is 48.5 Å². The Kier molecular flexibility index (Phi) is 5.04. The van der Waals surface area contributed by atoms with Gasteiger partial charge in [0.1, 0.15) is 5.75 Å². The summed E-state index contributed by atoms with van der Waals surface area (Å²) in [5, 5.41) is 12.3. The summed E-state index contributed by atoms with van der Waals surface area (Å²) in [6.07, 6.45) is 0. The predicted molar refractivity (Wildman–Crippen MR) is 78.4 cm³/mol. The van der Waals surface area contributed by atoms with E-state index in [0.717, 1.165) is 11.3 Å². The maximum atomic E-state index is 11.7. The lowest BCUT2D eigenvalue weighted by molar-refractivity contribution is -0.123. The largest absolute Gasteiger partial charge is 0.504 e. The molecule has 0 unspecified atom stereocenters. The van der Waals surface area contributed by atoms with Crippen LogP contribution in [0.4, 0.5) is 0 Å². The van der Waals surface area contributed by atoms with Gasteiger partial charge < -0.3 is 19.9 Å². The van der Waals surface area contributed by atoms with Gasteiger partial charge in [-0.1, -0.05) is 24.3 Å². The van der Waals surface area contributed by atoms with Crippen molar-refractivity contribution in [3.05, 3.63) is 54.1 Å². The van der Waals surface area contributed by atoms with E-state index in [-0.39, 0.29) is 24.0 Å². The molecule has 0 atom stereocenters. The van der Waals surface area contributed by atoms with Crippen LogP contribution in [0.25, 0.3) is 0 Å². The molecule has 0 saturated heterocycles. The van der Waals surface area contributed by atoms with Crippen molar-refractivity contribution in [2.75, 3.05) is 13.7 Å². The molecule has 110 valence electrons. The van der Waals surface area contributed by atoms with Crippen LogP contribution in [0.1, 0.15) is 5.56 Å². The molecule has 1 amide bonds. The van der Waals surface area contributed by atoms with Crippen LogP contribution >= 0.6 is 0 Å². The molecule has 0 aliphatic carbocycles. The Balaban J connectivity index is 1.81. The van der Waals surface area contributed by atoms with E-state index in [4.69, 9.17) is 9.47 Å². The molecule has 2 N–H and O–H groups in total. The zero-order valence-electron chi connectivity index (χ0n) is 11.7. The van der Waals surface area contributed by atoms with Crippen molar-refractivity contribution in [1.82, 2.24) is 5.32 Å².